The number of phenols is 1. The van der Waals surface area contributed by atoms with Crippen LogP contribution in [0.1, 0.15) is 49.1 Å². The van der Waals surface area contributed by atoms with E-state index in [2.05, 4.69) is 23.1 Å². The molecule has 0 fully saturated rings. The SMILES string of the molecule is C#Cc1ccc(C(C(=O)NCc2ccccc2)N(CC=C)C(=O)C(Cc2ccc(O)cc2)NC(=O)OC(C)(C)C)cc1. The maximum absolute atomic E-state index is 14.3. The third-order valence-electron chi connectivity index (χ3n) is 6.24. The molecule has 8 heteroatoms. The smallest absolute Gasteiger partial charge is 0.408 e. The van der Waals surface area contributed by atoms with Gasteiger partial charge in [0.15, 0.2) is 0 Å². The number of nitrogens with zero attached hydrogens (tertiary/aromatic N) is 1. The summed E-state index contributed by atoms with van der Waals surface area (Å²) in [5, 5.41) is 15.4. The highest BCUT2D eigenvalue weighted by atomic mass is 16.6. The second-order valence-electron chi connectivity index (χ2n) is 10.7. The number of carbonyl (C=O) groups is 3. The number of hydrogen-bond acceptors (Lipinski definition) is 5. The lowest BCUT2D eigenvalue weighted by atomic mass is 9.99. The van der Waals surface area contributed by atoms with Crippen molar-refractivity contribution in [2.45, 2.75) is 51.4 Å². The molecule has 2 unspecified atom stereocenters. The summed E-state index contributed by atoms with van der Waals surface area (Å²) in [7, 11) is 0. The van der Waals surface area contributed by atoms with Gasteiger partial charge in [0.1, 0.15) is 23.4 Å². The van der Waals surface area contributed by atoms with Gasteiger partial charge in [0, 0.05) is 25.1 Å². The number of ether oxygens (including phenoxy) is 1. The van der Waals surface area contributed by atoms with Gasteiger partial charge < -0.3 is 25.4 Å². The Morgan fingerprint density at radius 1 is 1.00 bits per heavy atom. The second-order valence-corrected chi connectivity index (χ2v) is 10.7. The topological polar surface area (TPSA) is 108 Å². The average Bonchev–Trinajstić information content (AvgIpc) is 2.96. The lowest BCUT2D eigenvalue weighted by molar-refractivity contribution is -0.141. The predicted molar refractivity (Wildman–Crippen MR) is 162 cm³/mol. The quantitative estimate of drug-likeness (QED) is 0.226. The van der Waals surface area contributed by atoms with Gasteiger partial charge in [-0.25, -0.2) is 4.79 Å². The molecule has 42 heavy (non-hydrogen) atoms. The van der Waals surface area contributed by atoms with Gasteiger partial charge in [-0.3, -0.25) is 9.59 Å². The molecule has 3 aromatic carbocycles. The number of carbonyl (C=O) groups excluding carboxylic acids is 3. The Hall–Kier alpha value is -5.03. The van der Waals surface area contributed by atoms with Gasteiger partial charge in [-0.2, -0.15) is 0 Å². The van der Waals surface area contributed by atoms with Crippen molar-refractivity contribution in [3.63, 3.8) is 0 Å². The number of alkyl carbamates (subject to hydrolysis) is 1. The summed E-state index contributed by atoms with van der Waals surface area (Å²) in [5.74, 6) is 1.70. The minimum Gasteiger partial charge on any atom is -0.508 e. The van der Waals surface area contributed by atoms with Crippen LogP contribution in [0.2, 0.25) is 0 Å². The van der Waals surface area contributed by atoms with E-state index in [1.165, 1.54) is 23.1 Å². The third-order valence-corrected chi connectivity index (χ3v) is 6.24. The van der Waals surface area contributed by atoms with Crippen LogP contribution < -0.4 is 10.6 Å². The Kier molecular flexibility index (Phi) is 10.9. The number of terminal acetylenes is 1. The van der Waals surface area contributed by atoms with Crippen molar-refractivity contribution in [3.8, 4) is 18.1 Å². The first-order valence-corrected chi connectivity index (χ1v) is 13.6. The van der Waals surface area contributed by atoms with Gasteiger partial charge in [0.2, 0.25) is 11.8 Å². The molecule has 3 rings (SSSR count). The van der Waals surface area contributed by atoms with E-state index in [1.807, 2.05) is 30.3 Å². The lowest BCUT2D eigenvalue weighted by Gasteiger charge is -2.34. The number of aromatic hydroxyl groups is 1. The molecule has 0 heterocycles. The zero-order valence-corrected chi connectivity index (χ0v) is 24.2. The zero-order valence-electron chi connectivity index (χ0n) is 24.2. The van der Waals surface area contributed by atoms with Gasteiger partial charge in [-0.15, -0.1) is 13.0 Å². The molecule has 0 spiro atoms. The summed E-state index contributed by atoms with van der Waals surface area (Å²) in [6.07, 6.45) is 6.37. The van der Waals surface area contributed by atoms with E-state index in [-0.39, 0.29) is 25.3 Å². The molecule has 0 radical (unpaired) electrons. The van der Waals surface area contributed by atoms with Gasteiger partial charge in [0.05, 0.1) is 0 Å². The fourth-order valence-electron chi connectivity index (χ4n) is 4.30. The molecular weight excluding hydrogens is 530 g/mol. The molecule has 0 saturated heterocycles. The standard InChI is InChI=1S/C34H37N3O5/c1-6-21-37(32(40)29(36-33(41)42-34(3,4)5)22-25-15-19-28(38)20-16-25)30(27-17-13-24(7-2)14-18-27)31(39)35-23-26-11-9-8-10-12-26/h2,6,8-20,29-30,38H,1,21-23H2,3-5H3,(H,35,39)(H,36,41). The Balaban J connectivity index is 2.00. The van der Waals surface area contributed by atoms with Crippen LogP contribution in [-0.2, 0) is 27.3 Å². The Labute approximate surface area is 247 Å². The highest BCUT2D eigenvalue weighted by Gasteiger charge is 2.36. The first-order chi connectivity index (χ1) is 20.0. The second kappa shape index (κ2) is 14.6. The maximum atomic E-state index is 14.3. The van der Waals surface area contributed by atoms with Crippen molar-refractivity contribution in [3.05, 3.63) is 114 Å². The zero-order chi connectivity index (χ0) is 30.7. The van der Waals surface area contributed by atoms with E-state index in [0.29, 0.717) is 16.7 Å². The van der Waals surface area contributed by atoms with Gasteiger partial charge in [-0.05, 0) is 61.7 Å². The molecule has 8 nitrogen and oxygen atoms in total. The monoisotopic (exact) mass is 567 g/mol. The normalized spacial score (nSPS) is 12.2. The summed E-state index contributed by atoms with van der Waals surface area (Å²) < 4.78 is 5.44. The van der Waals surface area contributed by atoms with Gasteiger partial charge in [-0.1, -0.05) is 66.6 Å². The summed E-state index contributed by atoms with van der Waals surface area (Å²) in [4.78, 5) is 42.3. The minimum atomic E-state index is -1.10. The predicted octanol–water partition coefficient (Wildman–Crippen LogP) is 4.88. The molecule has 0 aromatic heterocycles. The van der Waals surface area contributed by atoms with Crippen molar-refractivity contribution in [1.29, 1.82) is 0 Å². The fraction of sp³-hybridized carbons (Fsp3) is 0.265. The third kappa shape index (κ3) is 9.27. The maximum Gasteiger partial charge on any atom is 0.408 e. The van der Waals surface area contributed by atoms with Crippen LogP contribution in [0.25, 0.3) is 0 Å². The number of phenolic OH excluding ortho intramolecular Hbond substituents is 1. The van der Waals surface area contributed by atoms with Crippen LogP contribution in [0, 0.1) is 12.3 Å². The molecule has 0 bridgehead atoms. The molecule has 0 aliphatic carbocycles. The number of nitrogens with one attached hydrogen (secondary N) is 2. The Bertz CT molecular complexity index is 1400. The van der Waals surface area contributed by atoms with Crippen molar-refractivity contribution in [2.24, 2.45) is 0 Å². The number of hydrogen-bond donors (Lipinski definition) is 3. The summed E-state index contributed by atoms with van der Waals surface area (Å²) >= 11 is 0. The van der Waals surface area contributed by atoms with Crippen molar-refractivity contribution < 1.29 is 24.2 Å². The van der Waals surface area contributed by atoms with E-state index in [4.69, 9.17) is 11.2 Å². The summed E-state index contributed by atoms with van der Waals surface area (Å²) in [5.41, 5.74) is 1.95. The molecule has 0 aliphatic heterocycles. The van der Waals surface area contributed by atoms with E-state index in [9.17, 15) is 19.5 Å². The van der Waals surface area contributed by atoms with Crippen molar-refractivity contribution in [2.75, 3.05) is 6.54 Å². The molecule has 0 aliphatic rings. The van der Waals surface area contributed by atoms with Crippen LogP contribution >= 0.6 is 0 Å². The van der Waals surface area contributed by atoms with Crippen molar-refractivity contribution in [1.82, 2.24) is 15.5 Å². The van der Waals surface area contributed by atoms with E-state index in [1.54, 1.807) is 57.2 Å². The lowest BCUT2D eigenvalue weighted by Crippen LogP contribution is -2.53. The fourth-order valence-corrected chi connectivity index (χ4v) is 4.30. The molecule has 3 amide bonds. The summed E-state index contributed by atoms with van der Waals surface area (Å²) in [6.45, 7) is 9.24. The molecule has 3 N–H and O–H groups in total. The van der Waals surface area contributed by atoms with E-state index < -0.39 is 35.6 Å². The number of benzene rings is 3. The highest BCUT2D eigenvalue weighted by Crippen LogP contribution is 2.24. The molecule has 3 aromatic rings. The van der Waals surface area contributed by atoms with Crippen LogP contribution in [0.5, 0.6) is 5.75 Å². The molecule has 2 atom stereocenters. The van der Waals surface area contributed by atoms with Crippen LogP contribution in [0.3, 0.4) is 0 Å². The Morgan fingerprint density at radius 3 is 2.21 bits per heavy atom. The molecule has 0 saturated carbocycles. The molecular formula is C34H37N3O5. The number of amides is 3. The van der Waals surface area contributed by atoms with Gasteiger partial charge >= 0.3 is 6.09 Å². The first-order valence-electron chi connectivity index (χ1n) is 13.6. The van der Waals surface area contributed by atoms with Crippen LogP contribution in [0.15, 0.2) is 91.5 Å². The van der Waals surface area contributed by atoms with Crippen LogP contribution in [-0.4, -0.2) is 46.1 Å². The first kappa shape index (κ1) is 31.5. The minimum absolute atomic E-state index is 0.0151. The highest BCUT2D eigenvalue weighted by molar-refractivity contribution is 5.92. The largest absolute Gasteiger partial charge is 0.508 e. The Morgan fingerprint density at radius 2 is 1.64 bits per heavy atom. The van der Waals surface area contributed by atoms with E-state index in [0.717, 1.165) is 5.56 Å². The molecule has 218 valence electrons. The van der Waals surface area contributed by atoms with E-state index >= 15 is 0 Å². The van der Waals surface area contributed by atoms with Crippen LogP contribution in [0.4, 0.5) is 4.79 Å². The van der Waals surface area contributed by atoms with Crippen molar-refractivity contribution >= 4 is 17.9 Å². The summed E-state index contributed by atoms with van der Waals surface area (Å²) in [6, 6.07) is 20.4. The van der Waals surface area contributed by atoms with Gasteiger partial charge in [0.25, 0.3) is 0 Å². The number of rotatable bonds is 11. The average molecular weight is 568 g/mol.